The van der Waals surface area contributed by atoms with E-state index in [1.54, 1.807) is 61.5 Å². The smallest absolute Gasteiger partial charge is 0.259 e. The number of benzene rings is 3. The van der Waals surface area contributed by atoms with Crippen LogP contribution in [0, 0.1) is 0 Å². The highest BCUT2D eigenvalue weighted by atomic mass is 16.5. The van der Waals surface area contributed by atoms with Crippen molar-refractivity contribution >= 4 is 11.6 Å². The summed E-state index contributed by atoms with van der Waals surface area (Å²) in [5.41, 5.74) is 3.75. The summed E-state index contributed by atoms with van der Waals surface area (Å²) in [6.07, 6.45) is 1.70. The second-order valence-corrected chi connectivity index (χ2v) is 7.05. The van der Waals surface area contributed by atoms with Crippen LogP contribution in [0.25, 0.3) is 16.9 Å². The summed E-state index contributed by atoms with van der Waals surface area (Å²) in [4.78, 5) is 13.2. The average Bonchev–Trinajstić information content (AvgIpc) is 3.30. The van der Waals surface area contributed by atoms with Crippen molar-refractivity contribution in [2.75, 3.05) is 19.5 Å². The molecule has 0 saturated heterocycles. The Morgan fingerprint density at radius 1 is 0.969 bits per heavy atom. The quantitative estimate of drug-likeness (QED) is 0.458. The molecule has 32 heavy (non-hydrogen) atoms. The highest BCUT2D eigenvalue weighted by Crippen LogP contribution is 2.33. The lowest BCUT2D eigenvalue weighted by molar-refractivity contribution is 0.102. The fourth-order valence-corrected chi connectivity index (χ4v) is 3.40. The third kappa shape index (κ3) is 4.33. The van der Waals surface area contributed by atoms with Crippen molar-refractivity contribution in [1.82, 2.24) is 9.78 Å². The minimum absolute atomic E-state index is 0.105. The summed E-state index contributed by atoms with van der Waals surface area (Å²) < 4.78 is 12.4. The molecule has 4 aromatic rings. The number of aliphatic hydroxyl groups excluding tert-OH is 1. The van der Waals surface area contributed by atoms with E-state index in [0.29, 0.717) is 39.6 Å². The van der Waals surface area contributed by atoms with Gasteiger partial charge in [0.05, 0.1) is 32.1 Å². The zero-order valence-corrected chi connectivity index (χ0v) is 17.8. The molecule has 7 heteroatoms. The van der Waals surface area contributed by atoms with Gasteiger partial charge < -0.3 is 19.9 Å². The molecule has 1 amide bonds. The summed E-state index contributed by atoms with van der Waals surface area (Å²) >= 11 is 0. The number of carbonyl (C=O) groups excluding carboxylic acids is 1. The first kappa shape index (κ1) is 21.1. The van der Waals surface area contributed by atoms with Gasteiger partial charge in [-0.05, 0) is 48.0 Å². The first-order valence-electron chi connectivity index (χ1n) is 10.0. The summed E-state index contributed by atoms with van der Waals surface area (Å²) in [5.74, 6) is 0.818. The number of carbonyl (C=O) groups is 1. The topological polar surface area (TPSA) is 85.6 Å². The van der Waals surface area contributed by atoms with Crippen molar-refractivity contribution < 1.29 is 19.4 Å². The second-order valence-electron chi connectivity index (χ2n) is 7.05. The summed E-state index contributed by atoms with van der Waals surface area (Å²) in [7, 11) is 3.13. The van der Waals surface area contributed by atoms with Crippen molar-refractivity contribution in [3.63, 3.8) is 0 Å². The van der Waals surface area contributed by atoms with Crippen LogP contribution in [0.5, 0.6) is 11.5 Å². The molecule has 0 aliphatic heterocycles. The number of hydrogen-bond acceptors (Lipinski definition) is 5. The van der Waals surface area contributed by atoms with Gasteiger partial charge in [0.15, 0.2) is 11.5 Å². The number of rotatable bonds is 7. The predicted molar refractivity (Wildman–Crippen MR) is 122 cm³/mol. The van der Waals surface area contributed by atoms with Gasteiger partial charge in [0.1, 0.15) is 5.69 Å². The Bertz CT molecular complexity index is 1240. The highest BCUT2D eigenvalue weighted by molar-refractivity contribution is 6.08. The Morgan fingerprint density at radius 3 is 2.47 bits per heavy atom. The first-order valence-corrected chi connectivity index (χ1v) is 10.0. The molecule has 1 aromatic heterocycles. The number of aliphatic hydroxyl groups is 1. The molecule has 162 valence electrons. The molecule has 0 atom stereocenters. The molecule has 2 N–H and O–H groups in total. The lowest BCUT2D eigenvalue weighted by Crippen LogP contribution is -2.12. The molecule has 0 spiro atoms. The Labute approximate surface area is 185 Å². The highest BCUT2D eigenvalue weighted by Gasteiger charge is 2.20. The van der Waals surface area contributed by atoms with Crippen LogP contribution >= 0.6 is 0 Å². The molecule has 0 aliphatic carbocycles. The van der Waals surface area contributed by atoms with Crippen LogP contribution in [0.1, 0.15) is 15.9 Å². The van der Waals surface area contributed by atoms with E-state index < -0.39 is 0 Å². The maximum Gasteiger partial charge on any atom is 0.259 e. The lowest BCUT2D eigenvalue weighted by atomic mass is 10.1. The number of nitrogens with zero attached hydrogens (tertiary/aromatic N) is 2. The first-order chi connectivity index (χ1) is 15.6. The van der Waals surface area contributed by atoms with Gasteiger partial charge >= 0.3 is 0 Å². The largest absolute Gasteiger partial charge is 0.493 e. The van der Waals surface area contributed by atoms with E-state index in [-0.39, 0.29) is 12.5 Å². The maximum absolute atomic E-state index is 13.2. The van der Waals surface area contributed by atoms with Crippen LogP contribution in [0.3, 0.4) is 0 Å². The van der Waals surface area contributed by atoms with E-state index in [9.17, 15) is 9.90 Å². The minimum atomic E-state index is -0.313. The third-order valence-corrected chi connectivity index (χ3v) is 5.00. The number of nitrogens with one attached hydrogen (secondary N) is 1. The Hall–Kier alpha value is -4.10. The molecule has 7 nitrogen and oxygen atoms in total. The van der Waals surface area contributed by atoms with E-state index in [0.717, 1.165) is 5.69 Å². The third-order valence-electron chi connectivity index (χ3n) is 5.00. The normalized spacial score (nSPS) is 10.6. The number of hydrogen-bond donors (Lipinski definition) is 2. The van der Waals surface area contributed by atoms with E-state index >= 15 is 0 Å². The van der Waals surface area contributed by atoms with Gasteiger partial charge in [-0.2, -0.15) is 5.10 Å². The number of anilines is 1. The van der Waals surface area contributed by atoms with Crippen LogP contribution in [0.2, 0.25) is 0 Å². The second kappa shape index (κ2) is 9.36. The Balaban J connectivity index is 1.78. The van der Waals surface area contributed by atoms with Crippen molar-refractivity contribution in [2.45, 2.75) is 6.61 Å². The van der Waals surface area contributed by atoms with Gasteiger partial charge in [0.2, 0.25) is 0 Å². The van der Waals surface area contributed by atoms with Gasteiger partial charge in [0.25, 0.3) is 5.91 Å². The standard InChI is InChI=1S/C25H23N3O4/c1-31-22-12-11-18(14-23(22)32-2)24-21(15-28(27-24)20-9-4-3-5-10-20)25(30)26-19-8-6-7-17(13-19)16-29/h3-15,29H,16H2,1-2H3,(H,26,30). The fraction of sp³-hybridized carbons (Fsp3) is 0.120. The number of ether oxygens (including phenoxy) is 2. The number of aromatic nitrogens is 2. The molecule has 0 aliphatic rings. The van der Waals surface area contributed by atoms with Crippen molar-refractivity contribution in [2.24, 2.45) is 0 Å². The van der Waals surface area contributed by atoms with E-state index in [2.05, 4.69) is 5.32 Å². The van der Waals surface area contributed by atoms with Crippen LogP contribution < -0.4 is 14.8 Å². The monoisotopic (exact) mass is 429 g/mol. The van der Waals surface area contributed by atoms with E-state index in [1.165, 1.54) is 0 Å². The number of amides is 1. The summed E-state index contributed by atoms with van der Waals surface area (Å²) in [6.45, 7) is -0.105. The molecular formula is C25H23N3O4. The average molecular weight is 429 g/mol. The lowest BCUT2D eigenvalue weighted by Gasteiger charge is -2.10. The van der Waals surface area contributed by atoms with Gasteiger partial charge in [-0.1, -0.05) is 30.3 Å². The van der Waals surface area contributed by atoms with Gasteiger partial charge in [-0.3, -0.25) is 4.79 Å². The number of methoxy groups -OCH3 is 2. The molecule has 0 radical (unpaired) electrons. The molecule has 0 bridgehead atoms. The summed E-state index contributed by atoms with van der Waals surface area (Å²) in [5, 5.41) is 17.0. The molecule has 0 saturated carbocycles. The van der Waals surface area contributed by atoms with Gasteiger partial charge in [-0.15, -0.1) is 0 Å². The minimum Gasteiger partial charge on any atom is -0.493 e. The van der Waals surface area contributed by atoms with Gasteiger partial charge in [-0.25, -0.2) is 4.68 Å². The molecule has 4 rings (SSSR count). The van der Waals surface area contributed by atoms with Gasteiger partial charge in [0, 0.05) is 17.4 Å². The van der Waals surface area contributed by atoms with Crippen molar-refractivity contribution in [1.29, 1.82) is 0 Å². The SMILES string of the molecule is COc1ccc(-c2nn(-c3ccccc3)cc2C(=O)Nc2cccc(CO)c2)cc1OC. The van der Waals surface area contributed by atoms with Crippen LogP contribution in [-0.4, -0.2) is 35.0 Å². The fourth-order valence-electron chi connectivity index (χ4n) is 3.40. The maximum atomic E-state index is 13.2. The molecule has 1 heterocycles. The number of para-hydroxylation sites is 1. The molecular weight excluding hydrogens is 406 g/mol. The van der Waals surface area contributed by atoms with Crippen molar-refractivity contribution in [3.05, 3.63) is 90.1 Å². The van der Waals surface area contributed by atoms with Crippen molar-refractivity contribution in [3.8, 4) is 28.4 Å². The Morgan fingerprint density at radius 2 is 1.75 bits per heavy atom. The zero-order chi connectivity index (χ0) is 22.5. The summed E-state index contributed by atoms with van der Waals surface area (Å²) in [6, 6.07) is 22.1. The Kier molecular flexibility index (Phi) is 6.19. The van der Waals surface area contributed by atoms with E-state index in [4.69, 9.17) is 14.6 Å². The van der Waals surface area contributed by atoms with E-state index in [1.807, 2.05) is 36.4 Å². The molecule has 0 fully saturated rings. The predicted octanol–water partition coefficient (Wildman–Crippen LogP) is 4.30. The van der Waals surface area contributed by atoms with Crippen LogP contribution in [-0.2, 0) is 6.61 Å². The molecule has 3 aromatic carbocycles. The van der Waals surface area contributed by atoms with Crippen LogP contribution in [0.15, 0.2) is 79.0 Å². The zero-order valence-electron chi connectivity index (χ0n) is 17.8. The van der Waals surface area contributed by atoms with Crippen LogP contribution in [0.4, 0.5) is 5.69 Å². The molecule has 0 unspecified atom stereocenters.